The second-order valence-corrected chi connectivity index (χ2v) is 4.85. The number of benzene rings is 1. The van der Waals surface area contributed by atoms with Crippen molar-refractivity contribution in [2.45, 2.75) is 27.3 Å². The van der Waals surface area contributed by atoms with Gasteiger partial charge in [-0.05, 0) is 26.8 Å². The predicted molar refractivity (Wildman–Crippen MR) is 71.6 cm³/mol. The number of ketones is 1. The molecule has 0 unspecified atom stereocenters. The van der Waals surface area contributed by atoms with Gasteiger partial charge < -0.3 is 17.0 Å². The Kier molecular flexibility index (Phi) is 5.43. The van der Waals surface area contributed by atoms with E-state index in [2.05, 4.69) is 6.07 Å². The molecule has 0 aliphatic carbocycles. The Labute approximate surface area is 124 Å². The van der Waals surface area contributed by atoms with Crippen molar-refractivity contribution in [1.29, 1.82) is 0 Å². The van der Waals surface area contributed by atoms with E-state index in [0.29, 0.717) is 6.54 Å². The van der Waals surface area contributed by atoms with Crippen molar-refractivity contribution in [3.8, 4) is 0 Å². The molecule has 0 aliphatic heterocycles. The molecule has 0 spiro atoms. The highest BCUT2D eigenvalue weighted by atomic mass is 79.9. The first-order valence-corrected chi connectivity index (χ1v) is 6.12. The largest absolute Gasteiger partial charge is 1.00 e. The van der Waals surface area contributed by atoms with E-state index in [-0.39, 0.29) is 22.8 Å². The molecule has 0 bridgehead atoms. The maximum Gasteiger partial charge on any atom is 0.227 e. The van der Waals surface area contributed by atoms with Crippen LogP contribution in [-0.4, -0.2) is 5.78 Å². The molecule has 2 aromatic rings. The minimum Gasteiger partial charge on any atom is -1.00 e. The van der Waals surface area contributed by atoms with E-state index in [0.717, 1.165) is 5.56 Å². The van der Waals surface area contributed by atoms with Gasteiger partial charge in [0.05, 0.1) is 0 Å². The fourth-order valence-electron chi connectivity index (χ4n) is 2.08. The van der Waals surface area contributed by atoms with Crippen molar-refractivity contribution in [3.63, 3.8) is 0 Å². The molecule has 0 saturated heterocycles. The Morgan fingerprint density at radius 2 is 1.47 bits per heavy atom. The topological polar surface area (TPSA) is 20.9 Å². The summed E-state index contributed by atoms with van der Waals surface area (Å²) in [4.78, 5) is 12.1. The molecule has 0 aliphatic rings. The molecule has 0 radical (unpaired) electrons. The van der Waals surface area contributed by atoms with E-state index >= 15 is 0 Å². The monoisotopic (exact) mass is 319 g/mol. The molecule has 3 heteroatoms. The molecule has 0 amide bonds. The highest BCUT2D eigenvalue weighted by molar-refractivity contribution is 5.95. The van der Waals surface area contributed by atoms with Crippen molar-refractivity contribution >= 4 is 5.78 Å². The third kappa shape index (κ3) is 4.28. The summed E-state index contributed by atoms with van der Waals surface area (Å²) in [6.45, 7) is 6.50. The van der Waals surface area contributed by atoms with Gasteiger partial charge in [0.25, 0.3) is 0 Å². The van der Waals surface area contributed by atoms with Crippen LogP contribution in [0.5, 0.6) is 0 Å². The van der Waals surface area contributed by atoms with Crippen LogP contribution in [0.15, 0.2) is 42.7 Å². The fraction of sp³-hybridized carbons (Fsp3) is 0.250. The number of aromatic nitrogens is 1. The number of rotatable bonds is 3. The molecule has 0 N–H and O–H groups in total. The second-order valence-electron chi connectivity index (χ2n) is 4.85. The standard InChI is InChI=1S/C16H18NO.BrH/c1-12-4-6-15(7-5-12)16(18)11-17-9-13(2)8-14(3)10-17;/h4-10H,11H2,1-3H3;1H/q+1;/p-1. The Morgan fingerprint density at radius 3 is 2.00 bits per heavy atom. The lowest BCUT2D eigenvalue weighted by atomic mass is 10.1. The summed E-state index contributed by atoms with van der Waals surface area (Å²) in [6.07, 6.45) is 4.00. The zero-order valence-corrected chi connectivity index (χ0v) is 13.1. The van der Waals surface area contributed by atoms with E-state index in [4.69, 9.17) is 0 Å². The summed E-state index contributed by atoms with van der Waals surface area (Å²) in [7, 11) is 0. The number of nitrogens with zero attached hydrogens (tertiary/aromatic N) is 1. The lowest BCUT2D eigenvalue weighted by molar-refractivity contribution is -0.683. The average molecular weight is 320 g/mol. The Hall–Kier alpha value is -1.48. The molecule has 0 saturated carbocycles. The number of carbonyl (C=O) groups excluding carboxylic acids is 1. The zero-order valence-electron chi connectivity index (χ0n) is 11.5. The highest BCUT2D eigenvalue weighted by Gasteiger charge is 2.12. The van der Waals surface area contributed by atoms with Crippen molar-refractivity contribution < 1.29 is 26.3 Å². The van der Waals surface area contributed by atoms with Crippen LogP contribution in [0, 0.1) is 20.8 Å². The number of pyridine rings is 1. The van der Waals surface area contributed by atoms with Crippen LogP contribution in [0.4, 0.5) is 0 Å². The summed E-state index contributed by atoms with van der Waals surface area (Å²) in [6, 6.07) is 9.83. The molecule has 0 atom stereocenters. The third-order valence-electron chi connectivity index (χ3n) is 2.89. The van der Waals surface area contributed by atoms with Gasteiger partial charge in [0, 0.05) is 16.7 Å². The molecular weight excluding hydrogens is 302 g/mol. The van der Waals surface area contributed by atoms with Gasteiger partial charge in [0.1, 0.15) is 0 Å². The fourth-order valence-corrected chi connectivity index (χ4v) is 2.08. The van der Waals surface area contributed by atoms with Crippen LogP contribution in [0.3, 0.4) is 0 Å². The van der Waals surface area contributed by atoms with E-state index in [9.17, 15) is 4.79 Å². The first kappa shape index (κ1) is 15.6. The lowest BCUT2D eigenvalue weighted by Gasteiger charge is -2.01. The zero-order chi connectivity index (χ0) is 13.1. The third-order valence-corrected chi connectivity index (χ3v) is 2.89. The number of carbonyl (C=O) groups is 1. The average Bonchev–Trinajstić information content (AvgIpc) is 2.28. The lowest BCUT2D eigenvalue weighted by Crippen LogP contribution is -3.00. The predicted octanol–water partition coefficient (Wildman–Crippen LogP) is -0.214. The van der Waals surface area contributed by atoms with Crippen LogP contribution < -0.4 is 21.5 Å². The van der Waals surface area contributed by atoms with Crippen LogP contribution in [0.2, 0.25) is 0 Å². The first-order chi connectivity index (χ1) is 8.54. The summed E-state index contributed by atoms with van der Waals surface area (Å²) in [5, 5.41) is 0. The highest BCUT2D eigenvalue weighted by Crippen LogP contribution is 2.04. The molecule has 0 fully saturated rings. The quantitative estimate of drug-likeness (QED) is 0.566. The van der Waals surface area contributed by atoms with Crippen molar-refractivity contribution in [3.05, 3.63) is 65.0 Å². The summed E-state index contributed by atoms with van der Waals surface area (Å²) >= 11 is 0. The summed E-state index contributed by atoms with van der Waals surface area (Å²) in [5.74, 6) is 0.144. The number of Topliss-reactive ketones (excluding diaryl/α,β-unsaturated/α-hetero) is 1. The second kappa shape index (κ2) is 6.62. The van der Waals surface area contributed by atoms with Gasteiger partial charge in [-0.15, -0.1) is 0 Å². The number of hydrogen-bond acceptors (Lipinski definition) is 1. The van der Waals surface area contributed by atoms with Crippen molar-refractivity contribution in [1.82, 2.24) is 0 Å². The van der Waals surface area contributed by atoms with Crippen LogP contribution in [0.25, 0.3) is 0 Å². The molecular formula is C16H18BrNO. The Balaban J connectivity index is 0.00000180. The molecule has 1 heterocycles. The van der Waals surface area contributed by atoms with Crippen molar-refractivity contribution in [2.75, 3.05) is 0 Å². The minimum absolute atomic E-state index is 0. The van der Waals surface area contributed by atoms with Gasteiger partial charge in [-0.2, -0.15) is 4.57 Å². The van der Waals surface area contributed by atoms with Crippen LogP contribution in [0.1, 0.15) is 27.0 Å². The normalized spacial score (nSPS) is 9.84. The molecule has 19 heavy (non-hydrogen) atoms. The van der Waals surface area contributed by atoms with E-state index in [1.165, 1.54) is 16.7 Å². The molecule has 100 valence electrons. The molecule has 1 aromatic heterocycles. The van der Waals surface area contributed by atoms with Gasteiger partial charge in [-0.1, -0.05) is 29.8 Å². The minimum atomic E-state index is 0. The van der Waals surface area contributed by atoms with E-state index < -0.39 is 0 Å². The van der Waals surface area contributed by atoms with Crippen molar-refractivity contribution in [2.24, 2.45) is 0 Å². The van der Waals surface area contributed by atoms with Gasteiger partial charge in [-0.3, -0.25) is 4.79 Å². The first-order valence-electron chi connectivity index (χ1n) is 6.12. The molecule has 1 aromatic carbocycles. The Bertz CT molecular complexity index is 556. The van der Waals surface area contributed by atoms with Crippen LogP contribution >= 0.6 is 0 Å². The smallest absolute Gasteiger partial charge is 0.227 e. The van der Waals surface area contributed by atoms with Crippen LogP contribution in [-0.2, 0) is 6.54 Å². The summed E-state index contributed by atoms with van der Waals surface area (Å²) in [5.41, 5.74) is 4.29. The van der Waals surface area contributed by atoms with Gasteiger partial charge >= 0.3 is 0 Å². The van der Waals surface area contributed by atoms with E-state index in [1.807, 2.05) is 62.0 Å². The maximum atomic E-state index is 12.1. The SMILES string of the molecule is Cc1ccc(C(=O)C[n+]2cc(C)cc(C)c2)cc1.[Br-]. The van der Waals surface area contributed by atoms with Gasteiger partial charge in [0.15, 0.2) is 12.4 Å². The molecule has 2 rings (SSSR count). The molecule has 2 nitrogen and oxygen atoms in total. The number of halogens is 1. The van der Waals surface area contributed by atoms with Gasteiger partial charge in [-0.25, -0.2) is 0 Å². The van der Waals surface area contributed by atoms with E-state index in [1.54, 1.807) is 0 Å². The Morgan fingerprint density at radius 1 is 0.947 bits per heavy atom. The summed E-state index contributed by atoms with van der Waals surface area (Å²) < 4.78 is 1.95. The van der Waals surface area contributed by atoms with Gasteiger partial charge in [0.2, 0.25) is 12.3 Å². The maximum absolute atomic E-state index is 12.1. The number of aryl methyl sites for hydroxylation is 3. The number of hydrogen-bond donors (Lipinski definition) is 0.